The van der Waals surface area contributed by atoms with Gasteiger partial charge in [-0.2, -0.15) is 18.2 Å². The van der Waals surface area contributed by atoms with Crippen LogP contribution in [-0.2, 0) is 6.61 Å². The highest BCUT2D eigenvalue weighted by molar-refractivity contribution is 7.98. The van der Waals surface area contributed by atoms with Crippen molar-refractivity contribution in [2.45, 2.75) is 57.0 Å². The second-order valence-electron chi connectivity index (χ2n) is 7.50. The number of alkyl halides is 3. The van der Waals surface area contributed by atoms with Crippen LogP contribution >= 0.6 is 11.8 Å². The van der Waals surface area contributed by atoms with Crippen molar-refractivity contribution < 1.29 is 22.3 Å². The number of hydrogen-bond acceptors (Lipinski definition) is 6. The third kappa shape index (κ3) is 6.59. The van der Waals surface area contributed by atoms with Crippen LogP contribution in [0.3, 0.4) is 0 Å². The zero-order valence-electron chi connectivity index (χ0n) is 18.4. The van der Waals surface area contributed by atoms with Gasteiger partial charge in [-0.15, -0.1) is 11.8 Å². The molecule has 0 saturated heterocycles. The molecule has 0 spiro atoms. The fourth-order valence-electron chi connectivity index (χ4n) is 3.01. The molecule has 0 atom stereocenters. The molecule has 0 radical (unpaired) electrons. The summed E-state index contributed by atoms with van der Waals surface area (Å²) in [7, 11) is 0. The van der Waals surface area contributed by atoms with Gasteiger partial charge < -0.3 is 9.64 Å². The molecule has 0 aliphatic heterocycles. The fraction of sp³-hybridized carbons (Fsp3) is 0.409. The quantitative estimate of drug-likeness (QED) is 0.296. The van der Waals surface area contributed by atoms with Crippen molar-refractivity contribution in [1.29, 1.82) is 0 Å². The fourth-order valence-corrected chi connectivity index (χ4v) is 3.41. The lowest BCUT2D eigenvalue weighted by atomic mass is 10.1. The Hall–Kier alpha value is -2.82. The molecule has 1 N–H and O–H groups in total. The molecule has 11 heteroatoms. The first-order chi connectivity index (χ1) is 15.6. The summed E-state index contributed by atoms with van der Waals surface area (Å²) in [5.74, 6) is -0.682. The molecule has 2 heterocycles. The van der Waals surface area contributed by atoms with E-state index in [9.17, 15) is 18.0 Å². The molecule has 0 bridgehead atoms. The smallest absolute Gasteiger partial charge is 0.413 e. The number of aromatic amines is 1. The summed E-state index contributed by atoms with van der Waals surface area (Å²) >= 11 is 1.28. The van der Waals surface area contributed by atoms with Gasteiger partial charge in [-0.1, -0.05) is 13.0 Å². The highest BCUT2D eigenvalue weighted by Crippen LogP contribution is 2.37. The minimum Gasteiger partial charge on any atom is -0.460 e. The molecular weight excluding hydrogens is 460 g/mol. The second-order valence-corrected chi connectivity index (χ2v) is 8.33. The van der Waals surface area contributed by atoms with Crippen LogP contribution in [-0.4, -0.2) is 38.3 Å². The van der Waals surface area contributed by atoms with Crippen LogP contribution in [0.15, 0.2) is 46.0 Å². The number of aromatic nitrogens is 3. The van der Waals surface area contributed by atoms with Crippen molar-refractivity contribution in [1.82, 2.24) is 19.9 Å². The highest BCUT2D eigenvalue weighted by Gasteiger charge is 2.35. The van der Waals surface area contributed by atoms with Crippen LogP contribution in [0.25, 0.3) is 5.70 Å². The van der Waals surface area contributed by atoms with E-state index in [1.54, 1.807) is 12.3 Å². The van der Waals surface area contributed by atoms with Crippen molar-refractivity contribution in [3.05, 3.63) is 63.6 Å². The van der Waals surface area contributed by atoms with E-state index < -0.39 is 17.6 Å². The zero-order valence-corrected chi connectivity index (χ0v) is 19.2. The normalized spacial score (nSPS) is 15.0. The first-order valence-electron chi connectivity index (χ1n) is 10.3. The molecule has 1 fully saturated rings. The summed E-state index contributed by atoms with van der Waals surface area (Å²) in [5, 5.41) is 0.477. The van der Waals surface area contributed by atoms with Crippen LogP contribution in [0.1, 0.15) is 44.4 Å². The third-order valence-corrected chi connectivity index (χ3v) is 5.44. The molecule has 2 aromatic rings. The predicted molar refractivity (Wildman–Crippen MR) is 118 cm³/mol. The van der Waals surface area contributed by atoms with Gasteiger partial charge in [-0.25, -0.2) is 4.39 Å². The Labute approximate surface area is 192 Å². The summed E-state index contributed by atoms with van der Waals surface area (Å²) in [4.78, 5) is 23.9. The molecule has 3 rings (SSSR count). The number of allylic oxidation sites excluding steroid dienone is 2. The Morgan fingerprint density at radius 1 is 1.36 bits per heavy atom. The van der Waals surface area contributed by atoms with E-state index in [0.29, 0.717) is 22.7 Å². The first kappa shape index (κ1) is 24.8. The van der Waals surface area contributed by atoms with Crippen LogP contribution < -0.4 is 10.3 Å². The molecule has 0 amide bonds. The average Bonchev–Trinajstić information content (AvgIpc) is 3.59. The number of pyridine rings is 1. The number of nitrogens with zero attached hydrogens (tertiary/aromatic N) is 3. The van der Waals surface area contributed by atoms with Crippen LogP contribution in [0.2, 0.25) is 0 Å². The van der Waals surface area contributed by atoms with Gasteiger partial charge in [0.2, 0.25) is 0 Å². The maximum absolute atomic E-state index is 15.0. The summed E-state index contributed by atoms with van der Waals surface area (Å²) in [6, 6.07) is 2.41. The van der Waals surface area contributed by atoms with E-state index in [0.717, 1.165) is 26.0 Å². The van der Waals surface area contributed by atoms with Crippen LogP contribution in [0, 0.1) is 5.82 Å². The molecule has 178 valence electrons. The molecule has 0 unspecified atom stereocenters. The van der Waals surface area contributed by atoms with Crippen LogP contribution in [0.5, 0.6) is 6.01 Å². The highest BCUT2D eigenvalue weighted by atomic mass is 32.2. The maximum atomic E-state index is 15.0. The van der Waals surface area contributed by atoms with Gasteiger partial charge in [0.05, 0.1) is 5.70 Å². The number of ether oxygens (including phenoxy) is 1. The Kier molecular flexibility index (Phi) is 7.83. The number of rotatable bonds is 9. The average molecular weight is 485 g/mol. The third-order valence-electron chi connectivity index (χ3n) is 4.82. The van der Waals surface area contributed by atoms with Gasteiger partial charge in [0.25, 0.3) is 11.6 Å². The standard InChI is InChI=1S/C22H24F4N4O2S/c1-4-5-17(30(15-6-7-15)11-13(2)22(24,25)26)20-16(23)8-14(10-27-20)12-32-21-28-18(31)9-19(29-21)33-3/h5,8-11,15H,4,6-7,12H2,1-3H3,(H,28,29,31)/b13-11+,17-5-. The maximum Gasteiger partial charge on any atom is 0.413 e. The first-order valence-corrected chi connectivity index (χ1v) is 11.5. The largest absolute Gasteiger partial charge is 0.460 e. The Morgan fingerprint density at radius 2 is 2.09 bits per heavy atom. The second kappa shape index (κ2) is 10.4. The molecule has 6 nitrogen and oxygen atoms in total. The van der Waals surface area contributed by atoms with Gasteiger partial charge in [0.1, 0.15) is 17.3 Å². The number of H-pyrrole nitrogens is 1. The van der Waals surface area contributed by atoms with Crippen molar-refractivity contribution in [2.24, 2.45) is 0 Å². The molecule has 2 aromatic heterocycles. The van der Waals surface area contributed by atoms with Gasteiger partial charge in [-0.3, -0.25) is 14.8 Å². The number of hydrogen-bond donors (Lipinski definition) is 1. The lowest BCUT2D eigenvalue weighted by Gasteiger charge is -2.25. The number of halogens is 4. The number of nitrogens with one attached hydrogen (secondary N) is 1. The topological polar surface area (TPSA) is 71.1 Å². The van der Waals surface area contributed by atoms with E-state index in [1.165, 1.54) is 35.0 Å². The van der Waals surface area contributed by atoms with Crippen LogP contribution in [0.4, 0.5) is 17.6 Å². The molecule has 1 aliphatic rings. The molecule has 0 aromatic carbocycles. The zero-order chi connectivity index (χ0) is 24.2. The molecular formula is C22H24F4N4O2S. The monoisotopic (exact) mass is 484 g/mol. The van der Waals surface area contributed by atoms with E-state index in [-0.39, 0.29) is 29.9 Å². The van der Waals surface area contributed by atoms with Gasteiger partial charge in [0, 0.05) is 35.6 Å². The lowest BCUT2D eigenvalue weighted by molar-refractivity contribution is -0.0922. The molecule has 1 saturated carbocycles. The number of thioether (sulfide) groups is 1. The van der Waals surface area contributed by atoms with Crippen molar-refractivity contribution in [3.63, 3.8) is 0 Å². The summed E-state index contributed by atoms with van der Waals surface area (Å²) < 4.78 is 59.9. The Balaban J connectivity index is 1.85. The Bertz CT molecular complexity index is 1110. The van der Waals surface area contributed by atoms with Gasteiger partial charge in [-0.05, 0) is 38.5 Å². The minimum atomic E-state index is -4.47. The molecule has 1 aliphatic carbocycles. The van der Waals surface area contributed by atoms with Crippen molar-refractivity contribution in [3.8, 4) is 6.01 Å². The molecule has 33 heavy (non-hydrogen) atoms. The SMILES string of the molecule is CC/C=C(/c1ncc(COc2nc(SC)cc(=O)[nH]2)cc1F)N(/C=C(\C)C(F)(F)F)C1CC1. The van der Waals surface area contributed by atoms with E-state index in [4.69, 9.17) is 4.74 Å². The van der Waals surface area contributed by atoms with Crippen molar-refractivity contribution >= 4 is 17.5 Å². The van der Waals surface area contributed by atoms with Gasteiger partial charge in [0.15, 0.2) is 5.82 Å². The summed E-state index contributed by atoms with van der Waals surface area (Å²) in [6.07, 6.45) is 3.31. The van der Waals surface area contributed by atoms with E-state index in [2.05, 4.69) is 15.0 Å². The van der Waals surface area contributed by atoms with Crippen molar-refractivity contribution in [2.75, 3.05) is 6.26 Å². The predicted octanol–water partition coefficient (Wildman–Crippen LogP) is 5.29. The summed E-state index contributed by atoms with van der Waals surface area (Å²) in [6.45, 7) is 2.72. The lowest BCUT2D eigenvalue weighted by Crippen LogP contribution is -2.23. The van der Waals surface area contributed by atoms with E-state index in [1.807, 2.05) is 6.92 Å². The van der Waals surface area contributed by atoms with Gasteiger partial charge >= 0.3 is 6.18 Å². The minimum absolute atomic E-state index is 0.00410. The van der Waals surface area contributed by atoms with E-state index >= 15 is 4.39 Å². The Morgan fingerprint density at radius 3 is 2.67 bits per heavy atom. The summed E-state index contributed by atoms with van der Waals surface area (Å²) in [5.41, 5.74) is -0.498.